The maximum atomic E-state index is 11.1. The van der Waals surface area contributed by atoms with Gasteiger partial charge in [-0.05, 0) is 42.8 Å². The average molecular weight is 275 g/mol. The Labute approximate surface area is 111 Å². The van der Waals surface area contributed by atoms with Gasteiger partial charge in [-0.25, -0.2) is 13.6 Å². The summed E-state index contributed by atoms with van der Waals surface area (Å²) in [7, 11) is -3.67. The molecule has 0 heterocycles. The fraction of sp³-hybridized carbons (Fsp3) is 0.0769. The number of aryl methyl sites for hydroxylation is 1. The SMILES string of the molecule is Cc1ccccc1N=Nc1ccc(S(N)(=O)=O)cc1. The molecule has 0 spiro atoms. The van der Waals surface area contributed by atoms with Crippen molar-refractivity contribution in [3.63, 3.8) is 0 Å². The van der Waals surface area contributed by atoms with Crippen LogP contribution in [0.25, 0.3) is 0 Å². The first kappa shape index (κ1) is 13.4. The van der Waals surface area contributed by atoms with Gasteiger partial charge in [0.25, 0.3) is 0 Å². The first-order valence-corrected chi connectivity index (χ1v) is 7.12. The van der Waals surface area contributed by atoms with Crippen molar-refractivity contribution in [2.24, 2.45) is 15.4 Å². The van der Waals surface area contributed by atoms with Gasteiger partial charge in [0.1, 0.15) is 0 Å². The molecule has 0 amide bonds. The zero-order valence-electron chi connectivity index (χ0n) is 10.3. The van der Waals surface area contributed by atoms with Gasteiger partial charge >= 0.3 is 0 Å². The molecule has 0 unspecified atom stereocenters. The minimum atomic E-state index is -3.67. The fourth-order valence-corrected chi connectivity index (χ4v) is 2.01. The van der Waals surface area contributed by atoms with Gasteiger partial charge in [-0.15, -0.1) is 0 Å². The molecule has 0 bridgehead atoms. The number of benzene rings is 2. The Hall–Kier alpha value is -2.05. The molecule has 2 N–H and O–H groups in total. The van der Waals surface area contributed by atoms with Gasteiger partial charge in [0, 0.05) is 0 Å². The Balaban J connectivity index is 2.23. The number of nitrogens with two attached hydrogens (primary N) is 1. The van der Waals surface area contributed by atoms with E-state index >= 15 is 0 Å². The van der Waals surface area contributed by atoms with Crippen LogP contribution >= 0.6 is 0 Å². The van der Waals surface area contributed by atoms with Gasteiger partial charge in [-0.3, -0.25) is 0 Å². The van der Waals surface area contributed by atoms with Crippen LogP contribution in [0, 0.1) is 6.92 Å². The summed E-state index contributed by atoms with van der Waals surface area (Å²) in [5.74, 6) is 0. The minimum Gasteiger partial charge on any atom is -0.225 e. The summed E-state index contributed by atoms with van der Waals surface area (Å²) in [5.41, 5.74) is 2.36. The molecule has 2 aromatic carbocycles. The molecule has 0 saturated carbocycles. The quantitative estimate of drug-likeness (QED) is 0.873. The zero-order chi connectivity index (χ0) is 13.9. The Morgan fingerprint density at radius 3 is 2.16 bits per heavy atom. The monoisotopic (exact) mass is 275 g/mol. The van der Waals surface area contributed by atoms with E-state index in [4.69, 9.17) is 5.14 Å². The van der Waals surface area contributed by atoms with Crippen LogP contribution in [-0.4, -0.2) is 8.42 Å². The summed E-state index contributed by atoms with van der Waals surface area (Å²) < 4.78 is 22.2. The highest BCUT2D eigenvalue weighted by atomic mass is 32.2. The Morgan fingerprint density at radius 1 is 0.947 bits per heavy atom. The number of rotatable bonds is 3. The summed E-state index contributed by atoms with van der Waals surface area (Å²) in [6.45, 7) is 1.94. The number of azo groups is 1. The van der Waals surface area contributed by atoms with E-state index in [0.717, 1.165) is 11.3 Å². The van der Waals surface area contributed by atoms with Gasteiger partial charge in [-0.1, -0.05) is 18.2 Å². The lowest BCUT2D eigenvalue weighted by Crippen LogP contribution is -2.11. The molecule has 2 aromatic rings. The minimum absolute atomic E-state index is 0.0577. The highest BCUT2D eigenvalue weighted by Gasteiger charge is 2.06. The fourth-order valence-electron chi connectivity index (χ4n) is 1.49. The third kappa shape index (κ3) is 3.46. The lowest BCUT2D eigenvalue weighted by molar-refractivity contribution is 0.598. The smallest absolute Gasteiger partial charge is 0.225 e. The zero-order valence-corrected chi connectivity index (χ0v) is 11.1. The van der Waals surface area contributed by atoms with E-state index in [1.54, 1.807) is 12.1 Å². The highest BCUT2D eigenvalue weighted by Crippen LogP contribution is 2.22. The van der Waals surface area contributed by atoms with Crippen molar-refractivity contribution in [1.29, 1.82) is 0 Å². The molecular weight excluding hydrogens is 262 g/mol. The van der Waals surface area contributed by atoms with Crippen molar-refractivity contribution >= 4 is 21.4 Å². The van der Waals surface area contributed by atoms with E-state index in [0.29, 0.717) is 5.69 Å². The molecule has 98 valence electrons. The van der Waals surface area contributed by atoms with Crippen LogP contribution < -0.4 is 5.14 Å². The summed E-state index contributed by atoms with van der Waals surface area (Å²) in [4.78, 5) is 0.0577. The van der Waals surface area contributed by atoms with Crippen LogP contribution in [0.1, 0.15) is 5.56 Å². The third-order valence-electron chi connectivity index (χ3n) is 2.55. The molecule has 0 aliphatic carbocycles. The summed E-state index contributed by atoms with van der Waals surface area (Å²) in [5, 5.41) is 13.2. The van der Waals surface area contributed by atoms with Crippen LogP contribution in [0.4, 0.5) is 11.4 Å². The van der Waals surface area contributed by atoms with Crippen molar-refractivity contribution in [2.45, 2.75) is 11.8 Å². The van der Waals surface area contributed by atoms with Crippen LogP contribution in [0.3, 0.4) is 0 Å². The maximum absolute atomic E-state index is 11.1. The van der Waals surface area contributed by atoms with E-state index in [2.05, 4.69) is 10.2 Å². The lowest BCUT2D eigenvalue weighted by Gasteiger charge is -1.99. The van der Waals surface area contributed by atoms with E-state index in [9.17, 15) is 8.42 Å². The molecule has 0 radical (unpaired) electrons. The van der Waals surface area contributed by atoms with Crippen molar-refractivity contribution in [3.05, 3.63) is 54.1 Å². The molecule has 0 aliphatic rings. The average Bonchev–Trinajstić information content (AvgIpc) is 2.37. The first-order chi connectivity index (χ1) is 8.97. The summed E-state index contributed by atoms with van der Waals surface area (Å²) >= 11 is 0. The molecule has 0 fully saturated rings. The highest BCUT2D eigenvalue weighted by molar-refractivity contribution is 7.89. The van der Waals surface area contributed by atoms with E-state index < -0.39 is 10.0 Å². The Bertz CT molecular complexity index is 707. The molecule has 0 aromatic heterocycles. The van der Waals surface area contributed by atoms with Crippen LogP contribution in [-0.2, 0) is 10.0 Å². The predicted octanol–water partition coefficient (Wildman–Crippen LogP) is 3.06. The second kappa shape index (κ2) is 5.29. The lowest BCUT2D eigenvalue weighted by atomic mass is 10.2. The second-order valence-corrected chi connectivity index (χ2v) is 5.59. The standard InChI is InChI=1S/C13H13N3O2S/c1-10-4-2-3-5-13(10)16-15-11-6-8-12(9-7-11)19(14,17)18/h2-9H,1H3,(H2,14,17,18). The molecule has 0 atom stereocenters. The van der Waals surface area contributed by atoms with Crippen molar-refractivity contribution in [2.75, 3.05) is 0 Å². The van der Waals surface area contributed by atoms with Crippen LogP contribution in [0.5, 0.6) is 0 Å². The van der Waals surface area contributed by atoms with Crippen molar-refractivity contribution < 1.29 is 8.42 Å². The molecule has 0 aliphatic heterocycles. The molecule has 5 nitrogen and oxygen atoms in total. The number of hydrogen-bond donors (Lipinski definition) is 1. The number of primary sulfonamides is 1. The van der Waals surface area contributed by atoms with Crippen LogP contribution in [0.15, 0.2) is 63.7 Å². The number of hydrogen-bond acceptors (Lipinski definition) is 4. The number of sulfonamides is 1. The summed E-state index contributed by atoms with van der Waals surface area (Å²) in [6.07, 6.45) is 0. The molecule has 0 saturated heterocycles. The molecule has 6 heteroatoms. The molecular formula is C13H13N3O2S. The Kier molecular flexibility index (Phi) is 3.73. The second-order valence-electron chi connectivity index (χ2n) is 4.03. The van der Waals surface area contributed by atoms with Crippen molar-refractivity contribution in [1.82, 2.24) is 0 Å². The normalized spacial score (nSPS) is 11.9. The summed E-state index contributed by atoms with van der Waals surface area (Å²) in [6, 6.07) is 13.5. The van der Waals surface area contributed by atoms with E-state index in [-0.39, 0.29) is 4.90 Å². The predicted molar refractivity (Wildman–Crippen MR) is 73.2 cm³/mol. The largest absolute Gasteiger partial charge is 0.238 e. The van der Waals surface area contributed by atoms with Crippen LogP contribution in [0.2, 0.25) is 0 Å². The Morgan fingerprint density at radius 2 is 1.58 bits per heavy atom. The molecule has 2 rings (SSSR count). The number of nitrogens with zero attached hydrogens (tertiary/aromatic N) is 2. The van der Waals surface area contributed by atoms with Gasteiger partial charge in [0.05, 0.1) is 16.3 Å². The van der Waals surface area contributed by atoms with Gasteiger partial charge in [0.2, 0.25) is 10.0 Å². The van der Waals surface area contributed by atoms with Crippen molar-refractivity contribution in [3.8, 4) is 0 Å². The van der Waals surface area contributed by atoms with E-state index in [1.807, 2.05) is 31.2 Å². The maximum Gasteiger partial charge on any atom is 0.238 e. The van der Waals surface area contributed by atoms with E-state index in [1.165, 1.54) is 12.1 Å². The first-order valence-electron chi connectivity index (χ1n) is 5.57. The van der Waals surface area contributed by atoms with Gasteiger partial charge in [0.15, 0.2) is 0 Å². The van der Waals surface area contributed by atoms with Gasteiger partial charge < -0.3 is 0 Å². The molecule has 19 heavy (non-hydrogen) atoms. The third-order valence-corrected chi connectivity index (χ3v) is 3.48. The topological polar surface area (TPSA) is 84.9 Å². The van der Waals surface area contributed by atoms with Gasteiger partial charge in [-0.2, -0.15) is 10.2 Å².